The summed E-state index contributed by atoms with van der Waals surface area (Å²) in [5, 5.41) is 0. The first-order valence-electron chi connectivity index (χ1n) is 6.22. The van der Waals surface area contributed by atoms with Gasteiger partial charge in [-0.25, -0.2) is 4.99 Å². The summed E-state index contributed by atoms with van der Waals surface area (Å²) in [6, 6.07) is 0. The topological polar surface area (TPSA) is 21.6 Å². The zero-order chi connectivity index (χ0) is 14.0. The van der Waals surface area contributed by atoms with Crippen LogP contribution in [0.25, 0.3) is 0 Å². The minimum atomic E-state index is 0.542. The van der Waals surface area contributed by atoms with Gasteiger partial charge < -0.3 is 4.74 Å². The number of hydrogen-bond donors (Lipinski definition) is 0. The number of ether oxygens (including phenoxy) is 1. The average Bonchev–Trinajstić information content (AvgIpc) is 2.40. The molecule has 0 unspecified atom stereocenters. The van der Waals surface area contributed by atoms with Gasteiger partial charge in [0.05, 0.1) is 7.11 Å². The van der Waals surface area contributed by atoms with Gasteiger partial charge in [0.2, 0.25) is 0 Å². The maximum absolute atomic E-state index is 5.52. The van der Waals surface area contributed by atoms with E-state index in [-0.39, 0.29) is 0 Å². The fraction of sp³-hybridized carbons (Fsp3) is 0.438. The lowest BCUT2D eigenvalue weighted by molar-refractivity contribution is 0.315. The molecule has 98 valence electrons. The number of terminal acetylenes is 1. The second kappa shape index (κ2) is 9.30. The van der Waals surface area contributed by atoms with E-state index in [0.717, 1.165) is 24.1 Å². The number of rotatable bonds is 6. The van der Waals surface area contributed by atoms with Crippen molar-refractivity contribution in [1.29, 1.82) is 0 Å². The van der Waals surface area contributed by atoms with Gasteiger partial charge in [-0.3, -0.25) is 0 Å². The quantitative estimate of drug-likeness (QED) is 0.296. The normalized spacial score (nSPS) is 14.4. The second-order valence-electron chi connectivity index (χ2n) is 3.88. The third-order valence-electron chi connectivity index (χ3n) is 2.50. The molecule has 18 heavy (non-hydrogen) atoms. The molecule has 0 aromatic heterocycles. The van der Waals surface area contributed by atoms with E-state index in [4.69, 9.17) is 11.2 Å². The molecule has 0 rings (SSSR count). The summed E-state index contributed by atoms with van der Waals surface area (Å²) in [6.45, 7) is 8.05. The van der Waals surface area contributed by atoms with Crippen molar-refractivity contribution in [3.63, 3.8) is 0 Å². The van der Waals surface area contributed by atoms with Crippen molar-refractivity contribution in [2.75, 3.05) is 7.11 Å². The minimum Gasteiger partial charge on any atom is -0.494 e. The number of allylic oxidation sites excluding steroid dienone is 6. The Hall–Kier alpha value is -1.75. The molecule has 0 fully saturated rings. The molecule has 2 heteroatoms. The van der Waals surface area contributed by atoms with Gasteiger partial charge in [0.15, 0.2) is 11.5 Å². The molecule has 0 aliphatic heterocycles. The molecule has 0 atom stereocenters. The van der Waals surface area contributed by atoms with E-state index >= 15 is 0 Å². The first kappa shape index (κ1) is 16.2. The lowest BCUT2D eigenvalue weighted by Gasteiger charge is -2.06. The van der Waals surface area contributed by atoms with Gasteiger partial charge in [-0.05, 0) is 39.2 Å². The Bertz CT molecular complexity index is 417. The third-order valence-corrected chi connectivity index (χ3v) is 2.50. The summed E-state index contributed by atoms with van der Waals surface area (Å²) in [7, 11) is 1.61. The van der Waals surface area contributed by atoms with Gasteiger partial charge in [0, 0.05) is 5.70 Å². The highest BCUT2D eigenvalue weighted by molar-refractivity contribution is 6.11. The highest BCUT2D eigenvalue weighted by Crippen LogP contribution is 2.11. The lowest BCUT2D eigenvalue weighted by atomic mass is 10.2. The van der Waals surface area contributed by atoms with Gasteiger partial charge in [-0.15, -0.1) is 6.42 Å². The van der Waals surface area contributed by atoms with Crippen LogP contribution in [0.15, 0.2) is 40.2 Å². The van der Waals surface area contributed by atoms with Crippen LogP contribution < -0.4 is 0 Å². The molecule has 0 amide bonds. The summed E-state index contributed by atoms with van der Waals surface area (Å²) in [6.07, 6.45) is 13.4. The van der Waals surface area contributed by atoms with Crippen LogP contribution in [-0.2, 0) is 4.74 Å². The van der Waals surface area contributed by atoms with E-state index in [1.165, 1.54) is 0 Å². The van der Waals surface area contributed by atoms with Gasteiger partial charge in [-0.1, -0.05) is 31.1 Å². The van der Waals surface area contributed by atoms with Crippen LogP contribution in [0.3, 0.4) is 0 Å². The van der Waals surface area contributed by atoms with Gasteiger partial charge in [0.25, 0.3) is 0 Å². The van der Waals surface area contributed by atoms with Gasteiger partial charge in [-0.2, -0.15) is 0 Å². The van der Waals surface area contributed by atoms with E-state index in [1.807, 2.05) is 39.0 Å². The Balaban J connectivity index is 5.36. The number of aliphatic imine (C=N–C) groups is 1. The third kappa shape index (κ3) is 5.54. The van der Waals surface area contributed by atoms with Crippen LogP contribution in [-0.4, -0.2) is 12.8 Å². The molecule has 0 bridgehead atoms. The standard InChI is InChI=1S/C16H23NO/c1-7-11-14(9-3)17-15(10-4)16(18-6)12-13(5)8-2/h4,8-9,12H,7,11H2,1-3,5-6H3/b13-8-,14-9-,16-12+,17-15+. The summed E-state index contributed by atoms with van der Waals surface area (Å²) in [4.78, 5) is 4.48. The van der Waals surface area contributed by atoms with Crippen molar-refractivity contribution >= 4 is 5.71 Å². The first-order valence-corrected chi connectivity index (χ1v) is 6.22. The molecular weight excluding hydrogens is 222 g/mol. The van der Waals surface area contributed by atoms with Crippen LogP contribution in [0.1, 0.15) is 40.5 Å². The van der Waals surface area contributed by atoms with E-state index in [9.17, 15) is 0 Å². The zero-order valence-electron chi connectivity index (χ0n) is 12.1. The smallest absolute Gasteiger partial charge is 0.155 e. The van der Waals surface area contributed by atoms with Crippen molar-refractivity contribution in [3.8, 4) is 12.3 Å². The summed E-state index contributed by atoms with van der Waals surface area (Å²) >= 11 is 0. The predicted octanol–water partition coefficient (Wildman–Crippen LogP) is 4.26. The highest BCUT2D eigenvalue weighted by atomic mass is 16.5. The largest absolute Gasteiger partial charge is 0.494 e. The van der Waals surface area contributed by atoms with Crippen LogP contribution in [0.4, 0.5) is 0 Å². The van der Waals surface area contributed by atoms with E-state index < -0.39 is 0 Å². The van der Waals surface area contributed by atoms with Crippen LogP contribution >= 0.6 is 0 Å². The maximum Gasteiger partial charge on any atom is 0.155 e. The molecule has 0 saturated carbocycles. The molecule has 0 aromatic carbocycles. The lowest BCUT2D eigenvalue weighted by Crippen LogP contribution is -2.03. The monoisotopic (exact) mass is 245 g/mol. The van der Waals surface area contributed by atoms with Crippen molar-refractivity contribution in [3.05, 3.63) is 35.3 Å². The molecule has 0 saturated heterocycles. The fourth-order valence-electron chi connectivity index (χ4n) is 1.34. The maximum atomic E-state index is 5.52. The van der Waals surface area contributed by atoms with Crippen molar-refractivity contribution in [2.45, 2.75) is 40.5 Å². The number of nitrogens with zero attached hydrogens (tertiary/aromatic N) is 1. The number of hydrogen-bond acceptors (Lipinski definition) is 2. The second-order valence-corrected chi connectivity index (χ2v) is 3.88. The average molecular weight is 245 g/mol. The summed E-state index contributed by atoms with van der Waals surface area (Å²) < 4.78 is 5.32. The Kier molecular flexibility index (Phi) is 8.39. The van der Waals surface area contributed by atoms with Crippen molar-refractivity contribution in [1.82, 2.24) is 0 Å². The molecule has 0 N–H and O–H groups in total. The fourth-order valence-corrected chi connectivity index (χ4v) is 1.34. The Morgan fingerprint density at radius 2 is 2.00 bits per heavy atom. The van der Waals surface area contributed by atoms with Crippen LogP contribution in [0, 0.1) is 12.3 Å². The first-order chi connectivity index (χ1) is 8.62. The van der Waals surface area contributed by atoms with Gasteiger partial charge >= 0.3 is 0 Å². The van der Waals surface area contributed by atoms with Crippen molar-refractivity contribution < 1.29 is 4.74 Å². The zero-order valence-corrected chi connectivity index (χ0v) is 12.1. The van der Waals surface area contributed by atoms with Crippen LogP contribution in [0.5, 0.6) is 0 Å². The number of methoxy groups -OCH3 is 1. The SMILES string of the molecule is C#CC(=N\C(=C/C)CCC)/C(=C\C(C)=C/C)OC. The molecule has 0 aromatic rings. The minimum absolute atomic E-state index is 0.542. The molecule has 0 aliphatic rings. The molecule has 2 nitrogen and oxygen atoms in total. The molecular formula is C16H23NO. The van der Waals surface area contributed by atoms with Crippen molar-refractivity contribution in [2.24, 2.45) is 4.99 Å². The molecule has 0 radical (unpaired) electrons. The predicted molar refractivity (Wildman–Crippen MR) is 79.5 cm³/mol. The molecule has 0 spiro atoms. The molecule has 0 heterocycles. The highest BCUT2D eigenvalue weighted by Gasteiger charge is 2.05. The van der Waals surface area contributed by atoms with Gasteiger partial charge in [0.1, 0.15) is 0 Å². The Morgan fingerprint density at radius 1 is 1.33 bits per heavy atom. The summed E-state index contributed by atoms with van der Waals surface area (Å²) in [5.74, 6) is 3.22. The van der Waals surface area contributed by atoms with E-state index in [2.05, 4.69) is 17.8 Å². The Labute approximate surface area is 111 Å². The van der Waals surface area contributed by atoms with Crippen LogP contribution in [0.2, 0.25) is 0 Å². The van der Waals surface area contributed by atoms with E-state index in [1.54, 1.807) is 7.11 Å². The molecule has 0 aliphatic carbocycles. The van der Waals surface area contributed by atoms with E-state index in [0.29, 0.717) is 11.5 Å². The Morgan fingerprint density at radius 3 is 2.39 bits per heavy atom. The summed E-state index contributed by atoms with van der Waals surface area (Å²) in [5.41, 5.74) is 2.62.